The van der Waals surface area contributed by atoms with E-state index >= 15 is 0 Å². The minimum atomic E-state index is -3.94. The van der Waals surface area contributed by atoms with Crippen LogP contribution in [0.1, 0.15) is 16.7 Å². The second-order valence-electron chi connectivity index (χ2n) is 7.65. The molecule has 0 heterocycles. The Balaban J connectivity index is 1.65. The van der Waals surface area contributed by atoms with E-state index in [9.17, 15) is 13.2 Å². The number of anilines is 1. The van der Waals surface area contributed by atoms with Crippen LogP contribution in [0.15, 0.2) is 77.7 Å². The number of sulfonamides is 1. The van der Waals surface area contributed by atoms with Crippen LogP contribution >= 0.6 is 23.4 Å². The molecule has 5 nitrogen and oxygen atoms in total. The van der Waals surface area contributed by atoms with E-state index in [-0.39, 0.29) is 17.3 Å². The summed E-state index contributed by atoms with van der Waals surface area (Å²) < 4.78 is 27.7. The number of nitrogens with one attached hydrogen (secondary N) is 1. The topological polar surface area (TPSA) is 66.5 Å². The molecule has 0 saturated carbocycles. The fraction of sp³-hybridized carbons (Fsp3) is 0.240. The molecule has 0 bridgehead atoms. The highest BCUT2D eigenvalue weighted by molar-refractivity contribution is 7.98. The summed E-state index contributed by atoms with van der Waals surface area (Å²) in [4.78, 5) is 12.8. The summed E-state index contributed by atoms with van der Waals surface area (Å²) >= 11 is 7.95. The van der Waals surface area contributed by atoms with E-state index in [1.165, 1.54) is 23.3 Å². The molecule has 0 saturated heterocycles. The number of benzene rings is 3. The Bertz CT molecular complexity index is 1180. The predicted octanol–water partition coefficient (Wildman–Crippen LogP) is 5.20. The molecule has 174 valence electrons. The Morgan fingerprint density at radius 1 is 1.00 bits per heavy atom. The largest absolute Gasteiger partial charge is 0.354 e. The van der Waals surface area contributed by atoms with Gasteiger partial charge >= 0.3 is 0 Å². The van der Waals surface area contributed by atoms with Crippen LogP contribution in [0.4, 0.5) is 5.69 Å². The van der Waals surface area contributed by atoms with E-state index in [1.54, 1.807) is 48.2 Å². The Morgan fingerprint density at radius 3 is 2.36 bits per heavy atom. The number of carbonyl (C=O) groups is 1. The minimum absolute atomic E-state index is 0.114. The van der Waals surface area contributed by atoms with Gasteiger partial charge in [0.1, 0.15) is 6.54 Å². The van der Waals surface area contributed by atoms with Crippen molar-refractivity contribution in [2.45, 2.75) is 24.5 Å². The van der Waals surface area contributed by atoms with Crippen molar-refractivity contribution in [3.63, 3.8) is 0 Å². The first kappa shape index (κ1) is 25.1. The second kappa shape index (κ2) is 11.6. The average molecular weight is 503 g/mol. The van der Waals surface area contributed by atoms with Crippen molar-refractivity contribution in [2.24, 2.45) is 0 Å². The molecule has 0 unspecified atom stereocenters. The normalized spacial score (nSPS) is 11.2. The Hall–Kier alpha value is -2.48. The molecule has 0 radical (unpaired) electrons. The van der Waals surface area contributed by atoms with Crippen LogP contribution < -0.4 is 9.62 Å². The van der Waals surface area contributed by atoms with Gasteiger partial charge in [-0.3, -0.25) is 9.10 Å². The van der Waals surface area contributed by atoms with Crippen LogP contribution in [0.25, 0.3) is 0 Å². The second-order valence-corrected chi connectivity index (χ2v) is 11.0. The van der Waals surface area contributed by atoms with Gasteiger partial charge < -0.3 is 5.32 Å². The van der Waals surface area contributed by atoms with Crippen molar-refractivity contribution < 1.29 is 13.2 Å². The third-order valence-corrected chi connectivity index (χ3v) is 8.25. The summed E-state index contributed by atoms with van der Waals surface area (Å²) in [7, 11) is -3.94. The number of hydrogen-bond donors (Lipinski definition) is 1. The summed E-state index contributed by atoms with van der Waals surface area (Å²) in [6.07, 6.45) is 0. The molecule has 0 aliphatic carbocycles. The van der Waals surface area contributed by atoms with Crippen LogP contribution in [-0.4, -0.2) is 33.2 Å². The molecule has 0 spiro atoms. The van der Waals surface area contributed by atoms with E-state index in [1.807, 2.05) is 6.92 Å². The maximum Gasteiger partial charge on any atom is 0.264 e. The van der Waals surface area contributed by atoms with E-state index in [0.29, 0.717) is 17.3 Å². The van der Waals surface area contributed by atoms with Gasteiger partial charge in [-0.15, -0.1) is 0 Å². The monoisotopic (exact) mass is 502 g/mol. The summed E-state index contributed by atoms with van der Waals surface area (Å²) in [6.45, 7) is 4.00. The lowest BCUT2D eigenvalue weighted by Crippen LogP contribution is -2.41. The van der Waals surface area contributed by atoms with Gasteiger partial charge in [-0.2, -0.15) is 11.8 Å². The zero-order chi connectivity index (χ0) is 23.8. The van der Waals surface area contributed by atoms with Crippen LogP contribution in [0, 0.1) is 13.8 Å². The van der Waals surface area contributed by atoms with Gasteiger partial charge in [0.25, 0.3) is 10.0 Å². The van der Waals surface area contributed by atoms with Crippen LogP contribution in [0.5, 0.6) is 0 Å². The number of halogens is 1. The minimum Gasteiger partial charge on any atom is -0.354 e. The van der Waals surface area contributed by atoms with Gasteiger partial charge in [0, 0.05) is 23.1 Å². The molecule has 3 aromatic carbocycles. The van der Waals surface area contributed by atoms with Crippen molar-refractivity contribution in [1.82, 2.24) is 5.32 Å². The van der Waals surface area contributed by atoms with Crippen molar-refractivity contribution in [2.75, 3.05) is 23.1 Å². The molecule has 0 fully saturated rings. The zero-order valence-electron chi connectivity index (χ0n) is 18.6. The van der Waals surface area contributed by atoms with Gasteiger partial charge in [-0.05, 0) is 49.2 Å². The van der Waals surface area contributed by atoms with Gasteiger partial charge in [0.2, 0.25) is 5.91 Å². The Labute approximate surface area is 205 Å². The fourth-order valence-electron chi connectivity index (χ4n) is 3.09. The van der Waals surface area contributed by atoms with Crippen molar-refractivity contribution in [3.8, 4) is 0 Å². The van der Waals surface area contributed by atoms with E-state index in [0.717, 1.165) is 21.4 Å². The number of thioether (sulfide) groups is 1. The van der Waals surface area contributed by atoms with Crippen molar-refractivity contribution >= 4 is 45.0 Å². The molecule has 1 amide bonds. The highest BCUT2D eigenvalue weighted by Gasteiger charge is 2.27. The average Bonchev–Trinajstić information content (AvgIpc) is 2.81. The number of hydrogen-bond acceptors (Lipinski definition) is 4. The van der Waals surface area contributed by atoms with E-state index < -0.39 is 10.0 Å². The molecule has 0 aromatic heterocycles. The first-order valence-corrected chi connectivity index (χ1v) is 13.5. The molecule has 0 aliphatic heterocycles. The molecule has 33 heavy (non-hydrogen) atoms. The standard InChI is InChI=1S/C25H27ClN2O3S2/c1-19-8-11-21(12-9-19)18-32-15-14-27-25(29)17-28(22-13-10-20(2)24(26)16-22)33(30,31)23-6-4-3-5-7-23/h3-13,16H,14-15,17-18H2,1-2H3,(H,27,29). The van der Waals surface area contributed by atoms with Crippen molar-refractivity contribution in [3.05, 3.63) is 94.5 Å². The van der Waals surface area contributed by atoms with Gasteiger partial charge in [0.15, 0.2) is 0 Å². The molecular weight excluding hydrogens is 476 g/mol. The molecule has 0 aliphatic rings. The van der Waals surface area contributed by atoms with E-state index in [4.69, 9.17) is 11.6 Å². The van der Waals surface area contributed by atoms with Gasteiger partial charge in [-0.1, -0.05) is 65.7 Å². The highest BCUT2D eigenvalue weighted by atomic mass is 35.5. The molecule has 8 heteroatoms. The highest BCUT2D eigenvalue weighted by Crippen LogP contribution is 2.28. The van der Waals surface area contributed by atoms with Gasteiger partial charge in [0.05, 0.1) is 10.6 Å². The first-order chi connectivity index (χ1) is 15.8. The lowest BCUT2D eigenvalue weighted by Gasteiger charge is -2.24. The molecule has 3 aromatic rings. The Kier molecular flexibility index (Phi) is 8.83. The smallest absolute Gasteiger partial charge is 0.264 e. The third-order valence-electron chi connectivity index (χ3n) is 5.02. The lowest BCUT2D eigenvalue weighted by molar-refractivity contribution is -0.119. The van der Waals surface area contributed by atoms with Crippen LogP contribution in [0.3, 0.4) is 0 Å². The summed E-state index contributed by atoms with van der Waals surface area (Å²) in [6, 6.07) is 21.4. The predicted molar refractivity (Wildman–Crippen MR) is 138 cm³/mol. The number of aryl methyl sites for hydroxylation is 2. The van der Waals surface area contributed by atoms with Crippen molar-refractivity contribution in [1.29, 1.82) is 0 Å². The number of nitrogens with zero attached hydrogens (tertiary/aromatic N) is 1. The zero-order valence-corrected chi connectivity index (χ0v) is 21.0. The molecule has 0 atom stereocenters. The maximum absolute atomic E-state index is 13.3. The Morgan fingerprint density at radius 2 is 1.70 bits per heavy atom. The molecule has 3 rings (SSSR count). The van der Waals surface area contributed by atoms with E-state index in [2.05, 4.69) is 36.5 Å². The van der Waals surface area contributed by atoms with Crippen LogP contribution in [0.2, 0.25) is 5.02 Å². The quantitative estimate of drug-likeness (QED) is 0.387. The van der Waals surface area contributed by atoms with Gasteiger partial charge in [-0.25, -0.2) is 8.42 Å². The molecular formula is C25H27ClN2O3S2. The third kappa shape index (κ3) is 7.00. The van der Waals surface area contributed by atoms with Crippen LogP contribution in [-0.2, 0) is 20.6 Å². The first-order valence-electron chi connectivity index (χ1n) is 10.5. The lowest BCUT2D eigenvalue weighted by atomic mass is 10.2. The summed E-state index contributed by atoms with van der Waals surface area (Å²) in [5.41, 5.74) is 3.63. The summed E-state index contributed by atoms with van der Waals surface area (Å²) in [5.74, 6) is 1.20. The maximum atomic E-state index is 13.3. The molecule has 1 N–H and O–H groups in total. The number of rotatable bonds is 10. The summed E-state index contributed by atoms with van der Waals surface area (Å²) in [5, 5.41) is 3.27. The number of carbonyl (C=O) groups excluding carboxylic acids is 1. The number of amides is 1. The SMILES string of the molecule is Cc1ccc(CSCCNC(=O)CN(c2ccc(C)c(Cl)c2)S(=O)(=O)c2ccccc2)cc1. The fourth-order valence-corrected chi connectivity index (χ4v) is 5.52.